The van der Waals surface area contributed by atoms with Crippen LogP contribution in [0, 0.1) is 12.7 Å². The van der Waals surface area contributed by atoms with E-state index in [0.29, 0.717) is 11.0 Å². The molecule has 18 heavy (non-hydrogen) atoms. The van der Waals surface area contributed by atoms with Gasteiger partial charge in [0.15, 0.2) is 0 Å². The van der Waals surface area contributed by atoms with Gasteiger partial charge < -0.3 is 5.32 Å². The van der Waals surface area contributed by atoms with Crippen LogP contribution in [0.5, 0.6) is 0 Å². The largest absolute Gasteiger partial charge is 0.348 e. The number of carbonyl (C=O) groups is 1. The molecule has 0 radical (unpaired) electrons. The Morgan fingerprint density at radius 3 is 2.83 bits per heavy atom. The molecule has 0 spiro atoms. The molecule has 2 nitrogen and oxygen atoms in total. The number of halogens is 2. The minimum absolute atomic E-state index is 0.0612. The Hall–Kier alpha value is -1.20. The SMILES string of the molecule is Cc1cscc1CNC(=O)c1ccc(Br)cc1F. The summed E-state index contributed by atoms with van der Waals surface area (Å²) in [4.78, 5) is 11.8. The lowest BCUT2D eigenvalue weighted by Gasteiger charge is -2.06. The van der Waals surface area contributed by atoms with E-state index in [0.717, 1.165) is 11.1 Å². The zero-order valence-corrected chi connectivity index (χ0v) is 12.1. The van der Waals surface area contributed by atoms with Crippen molar-refractivity contribution in [1.29, 1.82) is 0 Å². The minimum atomic E-state index is -0.524. The molecule has 2 aromatic rings. The number of thiophene rings is 1. The Bertz CT molecular complexity index is 582. The van der Waals surface area contributed by atoms with Gasteiger partial charge in [-0.15, -0.1) is 0 Å². The molecule has 0 unspecified atom stereocenters. The molecule has 0 saturated carbocycles. The van der Waals surface area contributed by atoms with Gasteiger partial charge in [0, 0.05) is 11.0 Å². The van der Waals surface area contributed by atoms with E-state index in [4.69, 9.17) is 0 Å². The molecule has 5 heteroatoms. The standard InChI is InChI=1S/C13H11BrFNOS/c1-8-6-18-7-9(8)5-16-13(17)11-3-2-10(14)4-12(11)15/h2-4,6-7H,5H2,1H3,(H,16,17). The lowest BCUT2D eigenvalue weighted by Crippen LogP contribution is -2.23. The van der Waals surface area contributed by atoms with Gasteiger partial charge in [-0.25, -0.2) is 4.39 Å². The Kier molecular flexibility index (Phi) is 4.14. The number of nitrogens with one attached hydrogen (secondary N) is 1. The Morgan fingerprint density at radius 1 is 1.44 bits per heavy atom. The van der Waals surface area contributed by atoms with Gasteiger partial charge >= 0.3 is 0 Å². The molecule has 1 amide bonds. The van der Waals surface area contributed by atoms with Crippen molar-refractivity contribution in [2.45, 2.75) is 13.5 Å². The maximum Gasteiger partial charge on any atom is 0.254 e. The molecule has 0 saturated heterocycles. The van der Waals surface area contributed by atoms with Crippen LogP contribution in [0.1, 0.15) is 21.5 Å². The first-order valence-corrected chi connectivity index (χ1v) is 7.06. The summed E-state index contributed by atoms with van der Waals surface area (Å²) in [6.07, 6.45) is 0. The zero-order valence-electron chi connectivity index (χ0n) is 9.67. The molecule has 0 aliphatic heterocycles. The summed E-state index contributed by atoms with van der Waals surface area (Å²) in [7, 11) is 0. The van der Waals surface area contributed by atoms with Crippen molar-refractivity contribution in [3.8, 4) is 0 Å². The van der Waals surface area contributed by atoms with Crippen LogP contribution in [0.4, 0.5) is 4.39 Å². The van der Waals surface area contributed by atoms with Crippen molar-refractivity contribution < 1.29 is 9.18 Å². The lowest BCUT2D eigenvalue weighted by atomic mass is 10.2. The highest BCUT2D eigenvalue weighted by Gasteiger charge is 2.12. The van der Waals surface area contributed by atoms with Gasteiger partial charge in [-0.1, -0.05) is 15.9 Å². The van der Waals surface area contributed by atoms with E-state index in [2.05, 4.69) is 21.2 Å². The zero-order chi connectivity index (χ0) is 13.1. The predicted octanol–water partition coefficient (Wildman–Crippen LogP) is 3.89. The van der Waals surface area contributed by atoms with E-state index in [9.17, 15) is 9.18 Å². The van der Waals surface area contributed by atoms with Crippen LogP contribution in [0.25, 0.3) is 0 Å². The average molecular weight is 328 g/mol. The molecule has 1 aromatic carbocycles. The van der Waals surface area contributed by atoms with Gasteiger partial charge in [0.2, 0.25) is 0 Å². The highest BCUT2D eigenvalue weighted by molar-refractivity contribution is 9.10. The molecular formula is C13H11BrFNOS. The van der Waals surface area contributed by atoms with Gasteiger partial charge in [-0.3, -0.25) is 4.79 Å². The first-order chi connectivity index (χ1) is 8.58. The second kappa shape index (κ2) is 5.63. The van der Waals surface area contributed by atoms with Crippen molar-refractivity contribution in [2.24, 2.45) is 0 Å². The predicted molar refractivity (Wildman–Crippen MR) is 74.3 cm³/mol. The van der Waals surface area contributed by atoms with Crippen LogP contribution in [0.2, 0.25) is 0 Å². The molecule has 0 fully saturated rings. The number of rotatable bonds is 3. The first-order valence-electron chi connectivity index (χ1n) is 5.33. The summed E-state index contributed by atoms with van der Waals surface area (Å²) < 4.78 is 14.2. The fraction of sp³-hybridized carbons (Fsp3) is 0.154. The third-order valence-electron chi connectivity index (χ3n) is 2.58. The van der Waals surface area contributed by atoms with Crippen molar-refractivity contribution in [2.75, 3.05) is 0 Å². The highest BCUT2D eigenvalue weighted by atomic mass is 79.9. The number of benzene rings is 1. The van der Waals surface area contributed by atoms with Gasteiger partial charge in [-0.05, 0) is 47.0 Å². The average Bonchev–Trinajstić information content (AvgIpc) is 2.72. The summed E-state index contributed by atoms with van der Waals surface area (Å²) in [6.45, 7) is 2.40. The Labute approximate surface area is 117 Å². The molecule has 94 valence electrons. The molecule has 0 aliphatic rings. The van der Waals surface area contributed by atoms with Crippen molar-refractivity contribution in [3.05, 3.63) is 55.9 Å². The smallest absolute Gasteiger partial charge is 0.254 e. The second-order valence-corrected chi connectivity index (χ2v) is 5.55. The van der Waals surface area contributed by atoms with Crippen molar-refractivity contribution in [1.82, 2.24) is 5.32 Å². The number of hydrogen-bond donors (Lipinski definition) is 1. The molecule has 2 rings (SSSR count). The summed E-state index contributed by atoms with van der Waals surface area (Å²) in [6, 6.07) is 4.40. The van der Waals surface area contributed by atoms with E-state index < -0.39 is 11.7 Å². The topological polar surface area (TPSA) is 29.1 Å². The monoisotopic (exact) mass is 327 g/mol. The van der Waals surface area contributed by atoms with Crippen LogP contribution in [0.15, 0.2) is 33.4 Å². The number of carbonyl (C=O) groups excluding carboxylic acids is 1. The Morgan fingerprint density at radius 2 is 2.22 bits per heavy atom. The maximum absolute atomic E-state index is 13.6. The minimum Gasteiger partial charge on any atom is -0.348 e. The first kappa shape index (κ1) is 13.2. The molecule has 1 N–H and O–H groups in total. The van der Waals surface area contributed by atoms with E-state index >= 15 is 0 Å². The van der Waals surface area contributed by atoms with Gasteiger partial charge in [0.1, 0.15) is 5.82 Å². The van der Waals surface area contributed by atoms with Crippen LogP contribution in [-0.4, -0.2) is 5.91 Å². The maximum atomic E-state index is 13.6. The number of hydrogen-bond acceptors (Lipinski definition) is 2. The van der Waals surface area contributed by atoms with Crippen molar-refractivity contribution >= 4 is 33.2 Å². The summed E-state index contributed by atoms with van der Waals surface area (Å²) in [5.74, 6) is -0.922. The fourth-order valence-corrected chi connectivity index (χ4v) is 2.70. The fourth-order valence-electron chi connectivity index (χ4n) is 1.51. The quantitative estimate of drug-likeness (QED) is 0.910. The van der Waals surface area contributed by atoms with E-state index in [1.54, 1.807) is 17.4 Å². The Balaban J connectivity index is 2.06. The van der Waals surface area contributed by atoms with E-state index in [1.165, 1.54) is 12.1 Å². The third-order valence-corrected chi connectivity index (χ3v) is 3.98. The summed E-state index contributed by atoms with van der Waals surface area (Å²) >= 11 is 4.74. The van der Waals surface area contributed by atoms with Crippen LogP contribution in [0.3, 0.4) is 0 Å². The summed E-state index contributed by atoms with van der Waals surface area (Å²) in [5.41, 5.74) is 2.26. The lowest BCUT2D eigenvalue weighted by molar-refractivity contribution is 0.0947. The molecule has 1 heterocycles. The second-order valence-electron chi connectivity index (χ2n) is 3.89. The van der Waals surface area contributed by atoms with Crippen LogP contribution in [-0.2, 0) is 6.54 Å². The molecule has 0 bridgehead atoms. The van der Waals surface area contributed by atoms with Crippen LogP contribution < -0.4 is 5.32 Å². The van der Waals surface area contributed by atoms with Gasteiger partial charge in [0.05, 0.1) is 5.56 Å². The van der Waals surface area contributed by atoms with E-state index in [1.807, 2.05) is 17.7 Å². The summed E-state index contributed by atoms with van der Waals surface area (Å²) in [5, 5.41) is 6.71. The van der Waals surface area contributed by atoms with E-state index in [-0.39, 0.29) is 5.56 Å². The number of aryl methyl sites for hydroxylation is 1. The van der Waals surface area contributed by atoms with Crippen LogP contribution >= 0.6 is 27.3 Å². The van der Waals surface area contributed by atoms with Gasteiger partial charge in [-0.2, -0.15) is 11.3 Å². The number of amides is 1. The third kappa shape index (κ3) is 2.97. The molecule has 0 atom stereocenters. The molecule has 1 aromatic heterocycles. The van der Waals surface area contributed by atoms with Gasteiger partial charge in [0.25, 0.3) is 5.91 Å². The normalized spacial score (nSPS) is 10.4. The highest BCUT2D eigenvalue weighted by Crippen LogP contribution is 2.16. The van der Waals surface area contributed by atoms with Crippen molar-refractivity contribution in [3.63, 3.8) is 0 Å². The molecule has 0 aliphatic carbocycles. The molecular weight excluding hydrogens is 317 g/mol.